The van der Waals surface area contributed by atoms with E-state index in [9.17, 15) is 44.7 Å². The van der Waals surface area contributed by atoms with Crippen molar-refractivity contribution in [2.45, 2.75) is 36.1 Å². The summed E-state index contributed by atoms with van der Waals surface area (Å²) in [6.07, 6.45) is -11.3. The van der Waals surface area contributed by atoms with Crippen LogP contribution in [0.5, 0.6) is 0 Å². The Morgan fingerprint density at radius 3 is 2.09 bits per heavy atom. The lowest BCUT2D eigenvalue weighted by atomic mass is 9.70. The molecule has 8 N–H and O–H groups in total. The van der Waals surface area contributed by atoms with Crippen LogP contribution >= 0.6 is 31.0 Å². The third-order valence-electron chi connectivity index (χ3n) is 5.82. The SMILES string of the molecule is O=c1[nH]c(-c2cc(Cl)ccc2[C@@]2(OP(=O)(O)O)[C@@H](O)[C@H](O)[C@@H](O)[C@H](O)[C@@H]2O)nc2ccc(Cl)cc12. The molecule has 1 saturated carbocycles. The highest BCUT2D eigenvalue weighted by Crippen LogP contribution is 2.54. The second-order valence-corrected chi connectivity index (χ2v) is 10.0. The van der Waals surface area contributed by atoms with Crippen LogP contribution in [0, 0.1) is 0 Å². The molecule has 12 nitrogen and oxygen atoms in total. The second-order valence-electron chi connectivity index (χ2n) is 8.00. The first-order chi connectivity index (χ1) is 16.3. The summed E-state index contributed by atoms with van der Waals surface area (Å²) in [6.45, 7) is 0. The molecule has 1 aliphatic rings. The van der Waals surface area contributed by atoms with Crippen molar-refractivity contribution >= 4 is 41.9 Å². The van der Waals surface area contributed by atoms with Crippen molar-refractivity contribution < 1.29 is 44.4 Å². The Bertz CT molecular complexity index is 1380. The van der Waals surface area contributed by atoms with Crippen molar-refractivity contribution in [2.24, 2.45) is 0 Å². The van der Waals surface area contributed by atoms with E-state index in [4.69, 9.17) is 27.7 Å². The summed E-state index contributed by atoms with van der Waals surface area (Å²) in [6, 6.07) is 7.80. The van der Waals surface area contributed by atoms with Crippen LogP contribution in [-0.2, 0) is 14.7 Å². The molecule has 1 heterocycles. The van der Waals surface area contributed by atoms with Gasteiger partial charge in [-0.3, -0.25) is 9.32 Å². The minimum absolute atomic E-state index is 0.0508. The first kappa shape index (κ1) is 26.1. The van der Waals surface area contributed by atoms with Gasteiger partial charge in [0, 0.05) is 21.2 Å². The molecule has 0 aliphatic heterocycles. The van der Waals surface area contributed by atoms with Gasteiger partial charge in [-0.2, -0.15) is 0 Å². The van der Waals surface area contributed by atoms with Gasteiger partial charge in [0.15, 0.2) is 5.60 Å². The number of aromatic nitrogens is 2. The highest BCUT2D eigenvalue weighted by molar-refractivity contribution is 7.46. The molecule has 1 fully saturated rings. The van der Waals surface area contributed by atoms with Crippen molar-refractivity contribution in [3.8, 4) is 11.4 Å². The third kappa shape index (κ3) is 4.52. The van der Waals surface area contributed by atoms with Crippen LogP contribution in [-0.4, -0.2) is 75.8 Å². The molecule has 35 heavy (non-hydrogen) atoms. The van der Waals surface area contributed by atoms with E-state index in [0.29, 0.717) is 0 Å². The summed E-state index contributed by atoms with van der Waals surface area (Å²) >= 11 is 12.1. The average Bonchev–Trinajstić information content (AvgIpc) is 2.79. The van der Waals surface area contributed by atoms with Gasteiger partial charge < -0.3 is 40.3 Å². The zero-order chi connectivity index (χ0) is 25.9. The molecule has 0 saturated heterocycles. The number of aliphatic hydroxyl groups is 5. The number of H-pyrrole nitrogens is 1. The molecule has 188 valence electrons. The van der Waals surface area contributed by atoms with Gasteiger partial charge >= 0.3 is 7.82 Å². The lowest BCUT2D eigenvalue weighted by molar-refractivity contribution is -0.267. The number of benzene rings is 2. The van der Waals surface area contributed by atoms with E-state index in [1.165, 1.54) is 30.3 Å². The summed E-state index contributed by atoms with van der Waals surface area (Å²) in [5, 5.41) is 52.9. The highest BCUT2D eigenvalue weighted by atomic mass is 35.5. The number of nitrogens with zero attached hydrogens (tertiary/aromatic N) is 1. The Morgan fingerprint density at radius 2 is 1.49 bits per heavy atom. The Morgan fingerprint density at radius 1 is 0.914 bits per heavy atom. The lowest BCUT2D eigenvalue weighted by Crippen LogP contribution is -2.69. The molecular formula is C20H19Cl2N2O10P. The van der Waals surface area contributed by atoms with Gasteiger partial charge in [0.05, 0.1) is 10.9 Å². The fourth-order valence-electron chi connectivity index (χ4n) is 4.22. The first-order valence-electron chi connectivity index (χ1n) is 9.93. The van der Waals surface area contributed by atoms with E-state index >= 15 is 0 Å². The van der Waals surface area contributed by atoms with Gasteiger partial charge in [-0.15, -0.1) is 0 Å². The fourth-order valence-corrected chi connectivity index (χ4v) is 5.27. The summed E-state index contributed by atoms with van der Waals surface area (Å²) in [7, 11) is -5.55. The quantitative estimate of drug-likeness (QED) is 0.203. The number of hydrogen-bond donors (Lipinski definition) is 8. The van der Waals surface area contributed by atoms with Crippen molar-refractivity contribution in [1.29, 1.82) is 0 Å². The molecule has 4 rings (SSSR count). The number of nitrogens with one attached hydrogen (secondary N) is 1. The van der Waals surface area contributed by atoms with Crippen LogP contribution in [0.1, 0.15) is 5.56 Å². The van der Waals surface area contributed by atoms with E-state index in [0.717, 1.165) is 6.07 Å². The van der Waals surface area contributed by atoms with Gasteiger partial charge in [0.25, 0.3) is 5.56 Å². The maximum absolute atomic E-state index is 12.7. The summed E-state index contributed by atoms with van der Waals surface area (Å²) in [5.74, 6) is -0.217. The number of aromatic amines is 1. The largest absolute Gasteiger partial charge is 0.470 e. The summed E-state index contributed by atoms with van der Waals surface area (Å²) < 4.78 is 16.8. The normalized spacial score (nSPS) is 29.5. The van der Waals surface area contributed by atoms with E-state index in [-0.39, 0.29) is 32.3 Å². The molecule has 0 unspecified atom stereocenters. The monoisotopic (exact) mass is 548 g/mol. The van der Waals surface area contributed by atoms with Gasteiger partial charge in [-0.25, -0.2) is 9.55 Å². The molecule has 6 atom stereocenters. The van der Waals surface area contributed by atoms with Crippen molar-refractivity contribution in [3.63, 3.8) is 0 Å². The molecule has 15 heteroatoms. The Labute approximate surface area is 206 Å². The molecule has 0 radical (unpaired) electrons. The molecule has 0 amide bonds. The Hall–Kier alpha value is -1.93. The maximum Gasteiger partial charge on any atom is 0.470 e. The predicted octanol–water partition coefficient (Wildman–Crippen LogP) is 0.0196. The van der Waals surface area contributed by atoms with Gasteiger partial charge in [-0.05, 0) is 30.3 Å². The molecule has 3 aromatic rings. The number of aliphatic hydroxyl groups excluding tert-OH is 5. The number of halogens is 2. The molecule has 1 aromatic heterocycles. The summed E-state index contributed by atoms with van der Waals surface area (Å²) in [5.41, 5.74) is -3.97. The smallest absolute Gasteiger partial charge is 0.387 e. The topological polar surface area (TPSA) is 214 Å². The van der Waals surface area contributed by atoms with Crippen LogP contribution in [0.3, 0.4) is 0 Å². The molecule has 1 aliphatic carbocycles. The Balaban J connectivity index is 2.05. The zero-order valence-corrected chi connectivity index (χ0v) is 19.8. The van der Waals surface area contributed by atoms with E-state index in [1.807, 2.05) is 0 Å². The molecule has 2 aromatic carbocycles. The maximum atomic E-state index is 12.7. The van der Waals surface area contributed by atoms with Gasteiger partial charge in [-0.1, -0.05) is 29.3 Å². The van der Waals surface area contributed by atoms with Crippen molar-refractivity contribution in [1.82, 2.24) is 9.97 Å². The highest BCUT2D eigenvalue weighted by Gasteiger charge is 2.63. The van der Waals surface area contributed by atoms with Crippen LogP contribution in [0.4, 0.5) is 0 Å². The van der Waals surface area contributed by atoms with Crippen molar-refractivity contribution in [2.75, 3.05) is 0 Å². The van der Waals surface area contributed by atoms with Gasteiger partial charge in [0.2, 0.25) is 0 Å². The predicted molar refractivity (Wildman–Crippen MR) is 123 cm³/mol. The number of phosphoric ester groups is 1. The lowest BCUT2D eigenvalue weighted by Gasteiger charge is -2.50. The van der Waals surface area contributed by atoms with E-state index in [2.05, 4.69) is 9.97 Å². The summed E-state index contributed by atoms with van der Waals surface area (Å²) in [4.78, 5) is 38.8. The average molecular weight is 549 g/mol. The van der Waals surface area contributed by atoms with Gasteiger partial charge in [0.1, 0.15) is 36.3 Å². The van der Waals surface area contributed by atoms with E-state index < -0.39 is 55.1 Å². The first-order valence-corrected chi connectivity index (χ1v) is 12.2. The third-order valence-corrected chi connectivity index (χ3v) is 6.83. The number of rotatable bonds is 4. The fraction of sp³-hybridized carbons (Fsp3) is 0.300. The van der Waals surface area contributed by atoms with Crippen molar-refractivity contribution in [3.05, 3.63) is 62.4 Å². The zero-order valence-electron chi connectivity index (χ0n) is 17.4. The molecular weight excluding hydrogens is 530 g/mol. The number of hydrogen-bond acceptors (Lipinski definition) is 9. The van der Waals surface area contributed by atoms with Crippen LogP contribution in [0.15, 0.2) is 41.2 Å². The minimum Gasteiger partial charge on any atom is -0.387 e. The second kappa shape index (κ2) is 9.18. The Kier molecular flexibility index (Phi) is 6.86. The van der Waals surface area contributed by atoms with E-state index in [1.54, 1.807) is 0 Å². The number of phosphoric acid groups is 1. The van der Waals surface area contributed by atoms with Crippen LogP contribution < -0.4 is 5.56 Å². The van der Waals surface area contributed by atoms with Crippen LogP contribution in [0.25, 0.3) is 22.3 Å². The molecule has 0 bridgehead atoms. The van der Waals surface area contributed by atoms with Crippen LogP contribution in [0.2, 0.25) is 10.0 Å². The number of fused-ring (bicyclic) bond motifs is 1. The molecule has 0 spiro atoms. The standard InChI is InChI=1S/C20H19Cl2N2O10P/c21-7-1-3-11(9(5-7)18-23-12-4-2-8(22)6-10(12)19(30)24-18)20(34-35(31,32)33)16(28)14(26)13(25)15(27)17(20)29/h1-6,13-17,25-29H,(H,23,24,30)(H2,31,32,33)/t13-,14-,15+,16-,17-,20-/m0/s1. The minimum atomic E-state index is -5.55.